The number of hydrogen-bond acceptors (Lipinski definition) is 5. The van der Waals surface area contributed by atoms with E-state index in [1.807, 2.05) is 18.2 Å². The van der Waals surface area contributed by atoms with Crippen molar-refractivity contribution >= 4 is 27.8 Å². The van der Waals surface area contributed by atoms with Crippen molar-refractivity contribution in [2.75, 3.05) is 11.3 Å². The summed E-state index contributed by atoms with van der Waals surface area (Å²) in [6, 6.07) is 22.2. The van der Waals surface area contributed by atoms with Crippen molar-refractivity contribution in [3.8, 4) is 5.75 Å². The molecule has 0 unspecified atom stereocenters. The molecule has 0 fully saturated rings. The predicted molar refractivity (Wildman–Crippen MR) is 131 cm³/mol. The second kappa shape index (κ2) is 12.0. The average Bonchev–Trinajstić information content (AvgIpc) is 2.82. The van der Waals surface area contributed by atoms with E-state index in [-0.39, 0.29) is 17.9 Å². The van der Waals surface area contributed by atoms with E-state index >= 15 is 0 Å². The van der Waals surface area contributed by atoms with Gasteiger partial charge in [-0.3, -0.25) is 9.52 Å². The molecule has 3 aromatic carbocycles. The zero-order valence-electron chi connectivity index (χ0n) is 18.5. The number of para-hydroxylation sites is 1. The monoisotopic (exact) mass is 481 g/mol. The topological polar surface area (TPSA) is 113 Å². The van der Waals surface area contributed by atoms with Crippen LogP contribution >= 0.6 is 0 Å². The summed E-state index contributed by atoms with van der Waals surface area (Å²) in [5.41, 5.74) is 1.96. The fourth-order valence-electron chi connectivity index (χ4n) is 3.22. The smallest absolute Gasteiger partial charge is 0.303 e. The van der Waals surface area contributed by atoms with E-state index in [0.29, 0.717) is 24.3 Å². The molecule has 0 amide bonds. The van der Waals surface area contributed by atoms with Gasteiger partial charge in [0.05, 0.1) is 17.6 Å². The number of rotatable bonds is 12. The number of benzene rings is 3. The minimum Gasteiger partial charge on any atom is -0.493 e. The summed E-state index contributed by atoms with van der Waals surface area (Å²) in [5.74, 6) is -0.259. The number of aliphatic hydroxyl groups is 1. The molecule has 0 spiro atoms. The van der Waals surface area contributed by atoms with Gasteiger partial charge in [0, 0.05) is 18.5 Å². The average molecular weight is 482 g/mol. The lowest BCUT2D eigenvalue weighted by molar-refractivity contribution is -0.136. The van der Waals surface area contributed by atoms with Crippen LogP contribution < -0.4 is 9.46 Å². The molecule has 0 aliphatic rings. The second-order valence-electron chi connectivity index (χ2n) is 7.61. The van der Waals surface area contributed by atoms with Crippen molar-refractivity contribution in [3.05, 3.63) is 96.1 Å². The van der Waals surface area contributed by atoms with E-state index in [0.717, 1.165) is 11.1 Å². The van der Waals surface area contributed by atoms with Gasteiger partial charge in [-0.1, -0.05) is 60.7 Å². The summed E-state index contributed by atoms with van der Waals surface area (Å²) in [6.45, 7) is 0.256. The molecule has 3 N–H and O–H groups in total. The van der Waals surface area contributed by atoms with Crippen LogP contribution in [0, 0.1) is 0 Å². The largest absolute Gasteiger partial charge is 0.493 e. The Morgan fingerprint density at radius 2 is 1.74 bits per heavy atom. The molecule has 0 radical (unpaired) electrons. The normalized spacial score (nSPS) is 12.4. The van der Waals surface area contributed by atoms with Crippen LogP contribution in [0.3, 0.4) is 0 Å². The van der Waals surface area contributed by atoms with Gasteiger partial charge in [0.25, 0.3) is 10.0 Å². The fourth-order valence-corrected chi connectivity index (χ4v) is 4.29. The number of hydrogen-bond donors (Lipinski definition) is 3. The number of aliphatic carboxylic acids is 1. The Labute approximate surface area is 199 Å². The number of carboxylic acids is 1. The first-order valence-corrected chi connectivity index (χ1v) is 12.3. The van der Waals surface area contributed by atoms with Crippen LogP contribution in [0.2, 0.25) is 0 Å². The van der Waals surface area contributed by atoms with Gasteiger partial charge in [-0.25, -0.2) is 8.42 Å². The third-order valence-corrected chi connectivity index (χ3v) is 6.35. The lowest BCUT2D eigenvalue weighted by atomic mass is 10.1. The number of anilines is 1. The number of carbonyl (C=O) groups is 1. The Balaban J connectivity index is 1.54. The molecule has 0 aromatic heterocycles. The molecule has 0 heterocycles. The molecule has 0 aliphatic heterocycles. The van der Waals surface area contributed by atoms with Gasteiger partial charge in [-0.15, -0.1) is 0 Å². The minimum absolute atomic E-state index is 0.0201. The Morgan fingerprint density at radius 1 is 1.00 bits per heavy atom. The summed E-state index contributed by atoms with van der Waals surface area (Å²) in [7, 11) is -3.68. The molecule has 3 aromatic rings. The SMILES string of the molecule is O=C(O)CCc1ccccc1OCC[C@@H](O)/C=C/c1cccc(NS(=O)(=O)c2ccccc2)c1. The Kier molecular flexibility index (Phi) is 8.84. The Bertz CT molecular complexity index is 1220. The summed E-state index contributed by atoms with van der Waals surface area (Å²) in [4.78, 5) is 11.0. The van der Waals surface area contributed by atoms with Crippen molar-refractivity contribution in [2.45, 2.75) is 30.3 Å². The first kappa shape index (κ1) is 25.0. The number of aryl methyl sites for hydroxylation is 1. The van der Waals surface area contributed by atoms with Crippen LogP contribution in [-0.2, 0) is 21.2 Å². The van der Waals surface area contributed by atoms with E-state index in [1.54, 1.807) is 60.7 Å². The van der Waals surface area contributed by atoms with Gasteiger partial charge in [-0.05, 0) is 47.9 Å². The zero-order chi connectivity index (χ0) is 24.4. The molecule has 7 nitrogen and oxygen atoms in total. The van der Waals surface area contributed by atoms with Gasteiger partial charge in [0.15, 0.2) is 0 Å². The maximum Gasteiger partial charge on any atom is 0.303 e. The molecular formula is C26H27NO6S. The summed E-state index contributed by atoms with van der Waals surface area (Å²) >= 11 is 0. The number of aliphatic hydroxyl groups excluding tert-OH is 1. The van der Waals surface area contributed by atoms with Crippen LogP contribution in [0.15, 0.2) is 89.8 Å². The van der Waals surface area contributed by atoms with E-state index < -0.39 is 22.1 Å². The molecule has 0 saturated carbocycles. The van der Waals surface area contributed by atoms with E-state index in [2.05, 4.69) is 4.72 Å². The maximum atomic E-state index is 12.5. The lowest BCUT2D eigenvalue weighted by Gasteiger charge is -2.12. The minimum atomic E-state index is -3.68. The van der Waals surface area contributed by atoms with Crippen LogP contribution in [-0.4, -0.2) is 37.3 Å². The molecule has 34 heavy (non-hydrogen) atoms. The quantitative estimate of drug-likeness (QED) is 0.355. The van der Waals surface area contributed by atoms with Crippen LogP contribution in [0.1, 0.15) is 24.0 Å². The summed E-state index contributed by atoms with van der Waals surface area (Å²) in [5, 5.41) is 19.2. The fraction of sp³-hybridized carbons (Fsp3) is 0.192. The first-order chi connectivity index (χ1) is 16.3. The van der Waals surface area contributed by atoms with Crippen molar-refractivity contribution in [2.24, 2.45) is 0 Å². The van der Waals surface area contributed by atoms with Gasteiger partial charge in [0.1, 0.15) is 5.75 Å². The maximum absolute atomic E-state index is 12.5. The van der Waals surface area contributed by atoms with Gasteiger partial charge >= 0.3 is 5.97 Å². The van der Waals surface area contributed by atoms with Crippen molar-refractivity contribution in [1.82, 2.24) is 0 Å². The van der Waals surface area contributed by atoms with Crippen molar-refractivity contribution in [3.63, 3.8) is 0 Å². The van der Waals surface area contributed by atoms with Gasteiger partial charge < -0.3 is 14.9 Å². The van der Waals surface area contributed by atoms with Gasteiger partial charge in [-0.2, -0.15) is 0 Å². The molecular weight excluding hydrogens is 454 g/mol. The molecule has 8 heteroatoms. The van der Waals surface area contributed by atoms with E-state index in [9.17, 15) is 18.3 Å². The molecule has 0 bridgehead atoms. The Hall–Kier alpha value is -3.62. The summed E-state index contributed by atoms with van der Waals surface area (Å²) < 4.78 is 33.3. The second-order valence-corrected chi connectivity index (χ2v) is 9.29. The van der Waals surface area contributed by atoms with Crippen molar-refractivity contribution in [1.29, 1.82) is 0 Å². The standard InChI is InChI=1S/C26H27NO6S/c28-23(17-18-33-25-12-5-4-8-21(25)14-16-26(29)30)15-13-20-7-6-9-22(19-20)27-34(31,32)24-10-2-1-3-11-24/h1-13,15,19,23,27-28H,14,16-18H2,(H,29,30)/b15-13+/t23-/m0/s1. The zero-order valence-corrected chi connectivity index (χ0v) is 19.3. The van der Waals surface area contributed by atoms with E-state index in [4.69, 9.17) is 9.84 Å². The molecule has 3 rings (SSSR count). The number of carboxylic acid groups (broad SMARTS) is 1. The molecule has 0 aliphatic carbocycles. The summed E-state index contributed by atoms with van der Waals surface area (Å²) in [6.07, 6.45) is 3.29. The number of sulfonamides is 1. The first-order valence-electron chi connectivity index (χ1n) is 10.8. The third-order valence-electron chi connectivity index (χ3n) is 4.96. The van der Waals surface area contributed by atoms with Crippen molar-refractivity contribution < 1.29 is 28.2 Å². The van der Waals surface area contributed by atoms with E-state index in [1.165, 1.54) is 12.1 Å². The van der Waals surface area contributed by atoms with Crippen LogP contribution in [0.25, 0.3) is 6.08 Å². The highest BCUT2D eigenvalue weighted by Gasteiger charge is 2.13. The predicted octanol–water partition coefficient (Wildman–Crippen LogP) is 4.35. The van der Waals surface area contributed by atoms with Crippen LogP contribution in [0.4, 0.5) is 5.69 Å². The highest BCUT2D eigenvalue weighted by molar-refractivity contribution is 7.92. The molecule has 1 atom stereocenters. The highest BCUT2D eigenvalue weighted by atomic mass is 32.2. The highest BCUT2D eigenvalue weighted by Crippen LogP contribution is 2.21. The lowest BCUT2D eigenvalue weighted by Crippen LogP contribution is -2.12. The van der Waals surface area contributed by atoms with Gasteiger partial charge in [0.2, 0.25) is 0 Å². The Morgan fingerprint density at radius 3 is 2.50 bits per heavy atom. The third kappa shape index (κ3) is 7.75. The van der Waals surface area contributed by atoms with Crippen LogP contribution in [0.5, 0.6) is 5.75 Å². The number of ether oxygens (including phenoxy) is 1. The molecule has 0 saturated heterocycles. The number of nitrogens with one attached hydrogen (secondary N) is 1. The molecule has 178 valence electrons.